The molecule has 1 atom stereocenters. The summed E-state index contributed by atoms with van der Waals surface area (Å²) < 4.78 is 56.6. The summed E-state index contributed by atoms with van der Waals surface area (Å²) in [5, 5.41) is 1.97. The van der Waals surface area contributed by atoms with Gasteiger partial charge in [-0.2, -0.15) is 0 Å². The van der Waals surface area contributed by atoms with Crippen LogP contribution in [0.4, 0.5) is 23.2 Å². The molecule has 0 bridgehead atoms. The molecule has 0 saturated carbocycles. The highest BCUT2D eigenvalue weighted by Crippen LogP contribution is 2.24. The summed E-state index contributed by atoms with van der Waals surface area (Å²) in [4.78, 5) is 11.1. The normalized spacial score (nSPS) is 12.1. The van der Waals surface area contributed by atoms with Gasteiger partial charge in [-0.05, 0) is 0 Å². The van der Waals surface area contributed by atoms with Crippen LogP contribution in [0.1, 0.15) is 0 Å². The van der Waals surface area contributed by atoms with Gasteiger partial charge in [0.05, 0.1) is 7.11 Å². The molecule has 0 amide bonds. The molecule has 0 heterocycles. The van der Waals surface area contributed by atoms with Crippen LogP contribution in [0.2, 0.25) is 0 Å². The van der Waals surface area contributed by atoms with Crippen molar-refractivity contribution in [1.82, 2.24) is 0 Å². The summed E-state index contributed by atoms with van der Waals surface area (Å²) in [5.74, 6) is -7.37. The van der Waals surface area contributed by atoms with Gasteiger partial charge in [-0.15, -0.1) is 0 Å². The first-order valence-corrected chi connectivity index (χ1v) is 4.79. The zero-order valence-corrected chi connectivity index (χ0v) is 9.27. The number of nitrogens with one attached hydrogen (secondary N) is 1. The van der Waals surface area contributed by atoms with E-state index in [1.165, 1.54) is 0 Å². The summed E-state index contributed by atoms with van der Waals surface area (Å²) in [5.41, 5.74) is 4.07. The number of hydrogen-bond acceptors (Lipinski definition) is 4. The Bertz CT molecular complexity index is 441. The molecule has 0 fully saturated rings. The van der Waals surface area contributed by atoms with E-state index in [4.69, 9.17) is 5.73 Å². The molecule has 100 valence electrons. The van der Waals surface area contributed by atoms with Crippen molar-refractivity contribution in [2.45, 2.75) is 6.04 Å². The zero-order chi connectivity index (χ0) is 13.9. The van der Waals surface area contributed by atoms with Gasteiger partial charge in [0.2, 0.25) is 0 Å². The van der Waals surface area contributed by atoms with Gasteiger partial charge >= 0.3 is 5.97 Å². The lowest BCUT2D eigenvalue weighted by atomic mass is 10.2. The molecule has 0 radical (unpaired) electrons. The van der Waals surface area contributed by atoms with Crippen LogP contribution in [-0.4, -0.2) is 25.7 Å². The lowest BCUT2D eigenvalue weighted by Crippen LogP contribution is -2.38. The number of methoxy groups -OCH3 is 1. The second kappa shape index (κ2) is 5.67. The molecule has 8 heteroatoms. The van der Waals surface area contributed by atoms with Crippen LogP contribution in [0.3, 0.4) is 0 Å². The number of rotatable bonds is 4. The number of carbonyl (C=O) groups is 1. The first-order chi connectivity index (χ1) is 8.42. The maximum Gasteiger partial charge on any atom is 0.329 e. The largest absolute Gasteiger partial charge is 0.467 e. The Kier molecular flexibility index (Phi) is 4.49. The molecule has 18 heavy (non-hydrogen) atoms. The van der Waals surface area contributed by atoms with Crippen molar-refractivity contribution >= 4 is 11.7 Å². The fourth-order valence-electron chi connectivity index (χ4n) is 1.23. The minimum atomic E-state index is -1.64. The quantitative estimate of drug-likeness (QED) is 0.487. The number of nitrogens with two attached hydrogens (primary N) is 1. The van der Waals surface area contributed by atoms with E-state index in [-0.39, 0.29) is 12.6 Å². The monoisotopic (exact) mass is 266 g/mol. The van der Waals surface area contributed by atoms with E-state index in [1.807, 2.05) is 5.32 Å². The van der Waals surface area contributed by atoms with Gasteiger partial charge in [-0.3, -0.25) is 0 Å². The second-order valence-corrected chi connectivity index (χ2v) is 3.30. The summed E-state index contributed by atoms with van der Waals surface area (Å²) in [7, 11) is 1.03. The van der Waals surface area contributed by atoms with Crippen LogP contribution in [0.5, 0.6) is 0 Å². The third kappa shape index (κ3) is 2.70. The van der Waals surface area contributed by atoms with Crippen molar-refractivity contribution < 1.29 is 27.1 Å². The number of ether oxygens (including phenoxy) is 1. The van der Waals surface area contributed by atoms with Gasteiger partial charge in [-0.25, -0.2) is 22.4 Å². The van der Waals surface area contributed by atoms with Gasteiger partial charge in [0.1, 0.15) is 11.7 Å². The van der Waals surface area contributed by atoms with Crippen LogP contribution < -0.4 is 11.1 Å². The average Bonchev–Trinajstić information content (AvgIpc) is 2.36. The van der Waals surface area contributed by atoms with E-state index in [2.05, 4.69) is 4.74 Å². The molecule has 1 rings (SSSR count). The van der Waals surface area contributed by atoms with Gasteiger partial charge in [0.25, 0.3) is 0 Å². The van der Waals surface area contributed by atoms with Crippen molar-refractivity contribution in [3.05, 3.63) is 29.3 Å². The third-order valence-corrected chi connectivity index (χ3v) is 2.15. The van der Waals surface area contributed by atoms with Crippen LogP contribution in [-0.2, 0) is 9.53 Å². The van der Waals surface area contributed by atoms with Gasteiger partial charge < -0.3 is 15.8 Å². The van der Waals surface area contributed by atoms with E-state index in [0.717, 1.165) is 7.11 Å². The van der Waals surface area contributed by atoms with Gasteiger partial charge in [0.15, 0.2) is 23.3 Å². The van der Waals surface area contributed by atoms with Crippen molar-refractivity contribution in [2.24, 2.45) is 5.73 Å². The molecule has 3 N–H and O–H groups in total. The van der Waals surface area contributed by atoms with E-state index < -0.39 is 41.0 Å². The summed E-state index contributed by atoms with van der Waals surface area (Å²) in [6.07, 6.45) is 0. The number of benzene rings is 1. The van der Waals surface area contributed by atoms with E-state index in [9.17, 15) is 22.4 Å². The van der Waals surface area contributed by atoms with E-state index >= 15 is 0 Å². The Morgan fingerprint density at radius 1 is 1.33 bits per heavy atom. The SMILES string of the molecule is COC(=O)C(CN)Nc1c(F)c(F)cc(F)c1F. The molecule has 0 saturated heterocycles. The predicted octanol–water partition coefficient (Wildman–Crippen LogP) is 1.16. The van der Waals surface area contributed by atoms with Crippen LogP contribution >= 0.6 is 0 Å². The molecule has 1 aromatic rings. The molecule has 1 unspecified atom stereocenters. The maximum absolute atomic E-state index is 13.3. The van der Waals surface area contributed by atoms with Crippen molar-refractivity contribution in [3.63, 3.8) is 0 Å². The van der Waals surface area contributed by atoms with Gasteiger partial charge in [-0.1, -0.05) is 0 Å². The number of halogens is 4. The topological polar surface area (TPSA) is 64.3 Å². The zero-order valence-electron chi connectivity index (χ0n) is 9.27. The molecule has 0 aliphatic heterocycles. The Labute approximate surface area is 99.7 Å². The molecule has 0 aliphatic rings. The standard InChI is InChI=1S/C10H10F4N2O2/c1-18-10(17)6(3-15)16-9-7(13)4(11)2-5(12)8(9)14/h2,6,16H,3,15H2,1H3. The maximum atomic E-state index is 13.3. The molecular weight excluding hydrogens is 256 g/mol. The number of esters is 1. The minimum Gasteiger partial charge on any atom is -0.467 e. The summed E-state index contributed by atoms with van der Waals surface area (Å²) in [6.45, 7) is -0.371. The fraction of sp³-hybridized carbons (Fsp3) is 0.300. The average molecular weight is 266 g/mol. The highest BCUT2D eigenvalue weighted by atomic mass is 19.2. The predicted molar refractivity (Wildman–Crippen MR) is 54.8 cm³/mol. The number of carbonyl (C=O) groups excluding carboxylic acids is 1. The second-order valence-electron chi connectivity index (χ2n) is 3.30. The molecule has 4 nitrogen and oxygen atoms in total. The third-order valence-electron chi connectivity index (χ3n) is 2.15. The highest BCUT2D eigenvalue weighted by Gasteiger charge is 2.24. The van der Waals surface area contributed by atoms with Crippen molar-refractivity contribution in [1.29, 1.82) is 0 Å². The van der Waals surface area contributed by atoms with Crippen molar-refractivity contribution in [2.75, 3.05) is 19.0 Å². The summed E-state index contributed by atoms with van der Waals surface area (Å²) >= 11 is 0. The lowest BCUT2D eigenvalue weighted by molar-refractivity contribution is -0.141. The Morgan fingerprint density at radius 2 is 1.83 bits per heavy atom. The van der Waals surface area contributed by atoms with Crippen molar-refractivity contribution in [3.8, 4) is 0 Å². The Morgan fingerprint density at radius 3 is 2.22 bits per heavy atom. The first kappa shape index (κ1) is 14.2. The Hall–Kier alpha value is -1.83. The highest BCUT2D eigenvalue weighted by molar-refractivity contribution is 5.79. The molecule has 0 aliphatic carbocycles. The molecular formula is C10H10F4N2O2. The number of anilines is 1. The minimum absolute atomic E-state index is 0.0610. The van der Waals surface area contributed by atoms with Crippen LogP contribution in [0, 0.1) is 23.3 Å². The molecule has 0 aromatic heterocycles. The smallest absolute Gasteiger partial charge is 0.329 e. The Balaban J connectivity index is 3.13. The van der Waals surface area contributed by atoms with E-state index in [0.29, 0.717) is 0 Å². The van der Waals surface area contributed by atoms with Crippen LogP contribution in [0.25, 0.3) is 0 Å². The molecule has 1 aromatic carbocycles. The fourth-order valence-corrected chi connectivity index (χ4v) is 1.23. The first-order valence-electron chi connectivity index (χ1n) is 4.79. The van der Waals surface area contributed by atoms with Gasteiger partial charge in [0, 0.05) is 12.6 Å². The molecule has 0 spiro atoms. The summed E-state index contributed by atoms with van der Waals surface area (Å²) in [6, 6.07) is -1.26. The van der Waals surface area contributed by atoms with E-state index in [1.54, 1.807) is 0 Å². The number of hydrogen-bond donors (Lipinski definition) is 2. The van der Waals surface area contributed by atoms with Crippen LogP contribution in [0.15, 0.2) is 6.07 Å². The lowest BCUT2D eigenvalue weighted by Gasteiger charge is -2.17.